The van der Waals surface area contributed by atoms with Crippen molar-refractivity contribution in [3.63, 3.8) is 0 Å². The minimum atomic E-state index is -0.297. The predicted octanol–water partition coefficient (Wildman–Crippen LogP) is 4.06. The van der Waals surface area contributed by atoms with Crippen LogP contribution in [0.3, 0.4) is 0 Å². The van der Waals surface area contributed by atoms with E-state index in [2.05, 4.69) is 9.97 Å². The van der Waals surface area contributed by atoms with E-state index in [1.54, 1.807) is 0 Å². The molecule has 0 aliphatic heterocycles. The molecule has 5 aromatic rings. The summed E-state index contributed by atoms with van der Waals surface area (Å²) in [5.74, 6) is 0.117. The summed E-state index contributed by atoms with van der Waals surface area (Å²) in [6, 6.07) is 23.8. The number of benzene rings is 2. The Bertz CT molecular complexity index is 1480. The average Bonchev–Trinajstić information content (AvgIpc) is 3.14. The summed E-state index contributed by atoms with van der Waals surface area (Å²) in [5, 5.41) is 4.74. The lowest BCUT2D eigenvalue weighted by molar-refractivity contribution is 0.593. The number of nitrogen functional groups attached to an aromatic ring is 1. The maximum absolute atomic E-state index is 13.3. The third kappa shape index (κ3) is 3.89. The zero-order valence-corrected chi connectivity index (χ0v) is 18.6. The van der Waals surface area contributed by atoms with Crippen molar-refractivity contribution in [2.45, 2.75) is 26.8 Å². The van der Waals surface area contributed by atoms with Gasteiger partial charge in [0, 0.05) is 17.0 Å². The molecule has 0 unspecified atom stereocenters. The molecule has 0 amide bonds. The molecule has 33 heavy (non-hydrogen) atoms. The number of anilines is 1. The van der Waals surface area contributed by atoms with E-state index in [0.29, 0.717) is 24.3 Å². The first kappa shape index (κ1) is 20.6. The number of hydrogen-bond acceptors (Lipinski definition) is 5. The molecule has 0 bridgehead atoms. The SMILES string of the molecule is Cc1cc(-c2c(-c3ccccc3)nc(N)n3c(=O)n(CCc4ccccc4)nc23)cc(C)n1. The van der Waals surface area contributed by atoms with E-state index in [-0.39, 0.29) is 11.6 Å². The fraction of sp³-hybridized carbons (Fsp3) is 0.154. The van der Waals surface area contributed by atoms with Crippen LogP contribution >= 0.6 is 0 Å². The van der Waals surface area contributed by atoms with Gasteiger partial charge in [0.1, 0.15) is 0 Å². The molecule has 3 aromatic heterocycles. The molecule has 0 saturated heterocycles. The minimum Gasteiger partial charge on any atom is -0.369 e. The summed E-state index contributed by atoms with van der Waals surface area (Å²) in [7, 11) is 0. The summed E-state index contributed by atoms with van der Waals surface area (Å²) in [4.78, 5) is 22.4. The summed E-state index contributed by atoms with van der Waals surface area (Å²) in [6.07, 6.45) is 0.687. The van der Waals surface area contributed by atoms with E-state index in [1.807, 2.05) is 86.6 Å². The standard InChI is InChI=1S/C26H24N6O/c1-17-15-21(16-18(2)28-17)22-23(20-11-7-4-8-12-20)29-25(27)32-24(22)30-31(26(32)33)14-13-19-9-5-3-6-10-19/h3-12,15-16H,13-14H2,1-2H3,(H2,27,29). The van der Waals surface area contributed by atoms with Crippen molar-refractivity contribution in [3.05, 3.63) is 100 Å². The van der Waals surface area contributed by atoms with E-state index in [1.165, 1.54) is 9.08 Å². The highest BCUT2D eigenvalue weighted by Crippen LogP contribution is 2.34. The van der Waals surface area contributed by atoms with Crippen molar-refractivity contribution in [2.24, 2.45) is 0 Å². The third-order valence-corrected chi connectivity index (χ3v) is 5.63. The Morgan fingerprint density at radius 2 is 1.48 bits per heavy atom. The number of nitrogens with two attached hydrogens (primary N) is 1. The topological polar surface area (TPSA) is 91.1 Å². The van der Waals surface area contributed by atoms with Gasteiger partial charge in [-0.15, -0.1) is 5.10 Å². The lowest BCUT2D eigenvalue weighted by atomic mass is 9.99. The number of aromatic nitrogens is 5. The van der Waals surface area contributed by atoms with E-state index in [9.17, 15) is 4.79 Å². The number of rotatable bonds is 5. The lowest BCUT2D eigenvalue weighted by Gasteiger charge is -2.13. The predicted molar refractivity (Wildman–Crippen MR) is 130 cm³/mol. The van der Waals surface area contributed by atoms with Crippen LogP contribution in [-0.2, 0) is 13.0 Å². The molecule has 2 aromatic carbocycles. The molecule has 0 spiro atoms. The molecule has 2 N–H and O–H groups in total. The van der Waals surface area contributed by atoms with Gasteiger partial charge in [-0.05, 0) is 43.5 Å². The van der Waals surface area contributed by atoms with Crippen LogP contribution in [0.15, 0.2) is 77.6 Å². The van der Waals surface area contributed by atoms with Gasteiger partial charge in [-0.3, -0.25) is 4.98 Å². The molecular formula is C26H24N6O. The number of pyridine rings is 1. The largest absolute Gasteiger partial charge is 0.369 e. The van der Waals surface area contributed by atoms with Crippen molar-refractivity contribution in [1.29, 1.82) is 0 Å². The van der Waals surface area contributed by atoms with E-state index in [4.69, 9.17) is 10.8 Å². The van der Waals surface area contributed by atoms with Gasteiger partial charge in [-0.2, -0.15) is 0 Å². The van der Waals surface area contributed by atoms with Gasteiger partial charge in [0.15, 0.2) is 5.65 Å². The van der Waals surface area contributed by atoms with E-state index >= 15 is 0 Å². The number of fused-ring (bicyclic) bond motifs is 1. The smallest absolute Gasteiger partial charge is 0.353 e. The van der Waals surface area contributed by atoms with E-state index in [0.717, 1.165) is 33.6 Å². The zero-order chi connectivity index (χ0) is 22.9. The first-order valence-electron chi connectivity index (χ1n) is 10.9. The molecule has 0 radical (unpaired) electrons. The second-order valence-electron chi connectivity index (χ2n) is 8.10. The highest BCUT2D eigenvalue weighted by atomic mass is 16.2. The van der Waals surface area contributed by atoms with Gasteiger partial charge in [-0.25, -0.2) is 18.9 Å². The second kappa shape index (κ2) is 8.35. The highest BCUT2D eigenvalue weighted by Gasteiger charge is 2.21. The highest BCUT2D eigenvalue weighted by molar-refractivity contribution is 5.90. The molecule has 7 heteroatoms. The summed E-state index contributed by atoms with van der Waals surface area (Å²) in [5.41, 5.74) is 12.7. The van der Waals surface area contributed by atoms with Crippen molar-refractivity contribution >= 4 is 11.6 Å². The third-order valence-electron chi connectivity index (χ3n) is 5.63. The van der Waals surface area contributed by atoms with Crippen LogP contribution in [-0.4, -0.2) is 24.1 Å². The van der Waals surface area contributed by atoms with Crippen LogP contribution < -0.4 is 11.4 Å². The van der Waals surface area contributed by atoms with Gasteiger partial charge in [0.2, 0.25) is 5.95 Å². The monoisotopic (exact) mass is 436 g/mol. The van der Waals surface area contributed by atoms with Crippen molar-refractivity contribution < 1.29 is 0 Å². The van der Waals surface area contributed by atoms with Gasteiger partial charge in [-0.1, -0.05) is 60.7 Å². The molecule has 0 fully saturated rings. The molecule has 0 atom stereocenters. The van der Waals surface area contributed by atoms with Crippen molar-refractivity contribution in [1.82, 2.24) is 24.1 Å². The van der Waals surface area contributed by atoms with Crippen molar-refractivity contribution in [3.8, 4) is 22.4 Å². The first-order valence-corrected chi connectivity index (χ1v) is 10.9. The molecule has 0 aliphatic carbocycles. The van der Waals surface area contributed by atoms with E-state index < -0.39 is 0 Å². The van der Waals surface area contributed by atoms with Crippen LogP contribution in [0.25, 0.3) is 28.0 Å². The maximum Gasteiger partial charge on any atom is 0.353 e. The molecule has 7 nitrogen and oxygen atoms in total. The van der Waals surface area contributed by atoms with Gasteiger partial charge >= 0.3 is 5.69 Å². The minimum absolute atomic E-state index is 0.117. The number of aryl methyl sites for hydroxylation is 4. The fourth-order valence-electron chi connectivity index (χ4n) is 4.18. The van der Waals surface area contributed by atoms with Crippen LogP contribution in [0.4, 0.5) is 5.95 Å². The normalized spacial score (nSPS) is 11.2. The summed E-state index contributed by atoms with van der Waals surface area (Å²) in [6.45, 7) is 4.34. The Hall–Kier alpha value is -4.26. The zero-order valence-electron chi connectivity index (χ0n) is 18.6. The fourth-order valence-corrected chi connectivity index (χ4v) is 4.18. The van der Waals surface area contributed by atoms with Crippen LogP contribution in [0.2, 0.25) is 0 Å². The van der Waals surface area contributed by atoms with Crippen LogP contribution in [0.1, 0.15) is 17.0 Å². The quantitative estimate of drug-likeness (QED) is 0.449. The van der Waals surface area contributed by atoms with Gasteiger partial charge < -0.3 is 5.73 Å². The molecule has 164 valence electrons. The van der Waals surface area contributed by atoms with Crippen LogP contribution in [0.5, 0.6) is 0 Å². The Kier molecular flexibility index (Phi) is 5.22. The second-order valence-corrected chi connectivity index (χ2v) is 8.10. The summed E-state index contributed by atoms with van der Waals surface area (Å²) < 4.78 is 2.87. The molecule has 3 heterocycles. The molecular weight excluding hydrogens is 412 g/mol. The average molecular weight is 437 g/mol. The molecule has 0 saturated carbocycles. The maximum atomic E-state index is 13.3. The van der Waals surface area contributed by atoms with Gasteiger partial charge in [0.25, 0.3) is 0 Å². The molecule has 5 rings (SSSR count). The van der Waals surface area contributed by atoms with Crippen molar-refractivity contribution in [2.75, 3.05) is 5.73 Å². The Balaban J connectivity index is 1.75. The Morgan fingerprint density at radius 1 is 0.848 bits per heavy atom. The van der Waals surface area contributed by atoms with Gasteiger partial charge in [0.05, 0.1) is 17.8 Å². The Morgan fingerprint density at radius 3 is 2.15 bits per heavy atom. The summed E-state index contributed by atoms with van der Waals surface area (Å²) >= 11 is 0. The first-order chi connectivity index (χ1) is 16.0. The lowest BCUT2D eigenvalue weighted by Crippen LogP contribution is -2.24. The van der Waals surface area contributed by atoms with Crippen LogP contribution in [0, 0.1) is 13.8 Å². The number of hydrogen-bond donors (Lipinski definition) is 1. The Labute approximate surface area is 191 Å². The molecule has 0 aliphatic rings. The number of nitrogens with zero attached hydrogens (tertiary/aromatic N) is 5.